The summed E-state index contributed by atoms with van der Waals surface area (Å²) >= 11 is 0. The van der Waals surface area contributed by atoms with Crippen LogP contribution in [0.4, 0.5) is 0 Å². The summed E-state index contributed by atoms with van der Waals surface area (Å²) in [5, 5.41) is 0. The van der Waals surface area contributed by atoms with Gasteiger partial charge in [0.05, 0.1) is 0 Å². The maximum atomic E-state index is 11.2. The van der Waals surface area contributed by atoms with Crippen molar-refractivity contribution in [2.24, 2.45) is 0 Å². The predicted molar refractivity (Wildman–Crippen MR) is 129 cm³/mol. The Morgan fingerprint density at radius 3 is 2.25 bits per heavy atom. The lowest BCUT2D eigenvalue weighted by atomic mass is 10.0. The van der Waals surface area contributed by atoms with E-state index in [2.05, 4.69) is 49.9 Å². The highest BCUT2D eigenvalue weighted by Gasteiger charge is 2.19. The summed E-state index contributed by atoms with van der Waals surface area (Å²) in [7, 11) is 0. The first-order valence-corrected chi connectivity index (χ1v) is 11.4. The third-order valence-electron chi connectivity index (χ3n) is 5.96. The van der Waals surface area contributed by atoms with Crippen molar-refractivity contribution >= 4 is 5.97 Å². The van der Waals surface area contributed by atoms with Gasteiger partial charge in [0, 0.05) is 6.08 Å². The van der Waals surface area contributed by atoms with E-state index in [0.29, 0.717) is 6.61 Å². The molecule has 0 amide bonds. The fourth-order valence-electron chi connectivity index (χ4n) is 4.18. The zero-order chi connectivity index (χ0) is 22.3. The second-order valence-electron chi connectivity index (χ2n) is 8.36. The molecular formula is C29H30O3. The number of benzene rings is 3. The van der Waals surface area contributed by atoms with Crippen molar-refractivity contribution in [2.45, 2.75) is 52.2 Å². The molecular weight excluding hydrogens is 396 g/mol. The van der Waals surface area contributed by atoms with Gasteiger partial charge in [-0.3, -0.25) is 0 Å². The topological polar surface area (TPSA) is 35.5 Å². The molecule has 3 aromatic rings. The van der Waals surface area contributed by atoms with E-state index in [4.69, 9.17) is 9.47 Å². The van der Waals surface area contributed by atoms with E-state index in [-0.39, 0.29) is 6.61 Å². The zero-order valence-electron chi connectivity index (χ0n) is 18.7. The van der Waals surface area contributed by atoms with Crippen LogP contribution in [-0.4, -0.2) is 5.97 Å². The number of unbranched alkanes of at least 4 members (excludes halogenated alkanes) is 2. The number of ether oxygens (including phenoxy) is 2. The summed E-state index contributed by atoms with van der Waals surface area (Å²) in [4.78, 5) is 11.2. The minimum Gasteiger partial charge on any atom is -0.489 e. The van der Waals surface area contributed by atoms with Gasteiger partial charge in [-0.15, -0.1) is 0 Å². The molecule has 0 N–H and O–H groups in total. The molecule has 0 atom stereocenters. The van der Waals surface area contributed by atoms with E-state index in [9.17, 15) is 4.79 Å². The van der Waals surface area contributed by atoms with Gasteiger partial charge in [0.25, 0.3) is 0 Å². The summed E-state index contributed by atoms with van der Waals surface area (Å²) in [5.74, 6) is 0.479. The SMILES string of the molecule is C=CC(=O)OCc1ccc(COc2ccc3c(c2)Cc2cc(CCCCC)ccc2-3)cc1. The largest absolute Gasteiger partial charge is 0.489 e. The fourth-order valence-corrected chi connectivity index (χ4v) is 4.18. The minimum absolute atomic E-state index is 0.248. The molecule has 0 spiro atoms. The van der Waals surface area contributed by atoms with Gasteiger partial charge in [-0.05, 0) is 70.3 Å². The van der Waals surface area contributed by atoms with Crippen LogP contribution in [-0.2, 0) is 35.6 Å². The molecule has 3 nitrogen and oxygen atoms in total. The van der Waals surface area contributed by atoms with Crippen LogP contribution < -0.4 is 4.74 Å². The second-order valence-corrected chi connectivity index (χ2v) is 8.36. The molecule has 0 bridgehead atoms. The van der Waals surface area contributed by atoms with Crippen molar-refractivity contribution < 1.29 is 14.3 Å². The average Bonchev–Trinajstić information content (AvgIpc) is 3.19. The maximum Gasteiger partial charge on any atom is 0.330 e. The van der Waals surface area contributed by atoms with Gasteiger partial charge in [0.15, 0.2) is 0 Å². The van der Waals surface area contributed by atoms with Crippen LogP contribution in [0.1, 0.15) is 54.0 Å². The highest BCUT2D eigenvalue weighted by molar-refractivity contribution is 5.81. The van der Waals surface area contributed by atoms with Gasteiger partial charge < -0.3 is 9.47 Å². The van der Waals surface area contributed by atoms with Crippen LogP contribution in [0.15, 0.2) is 73.3 Å². The van der Waals surface area contributed by atoms with Gasteiger partial charge >= 0.3 is 5.97 Å². The molecule has 4 rings (SSSR count). The highest BCUT2D eigenvalue weighted by atomic mass is 16.5. The number of esters is 1. The standard InChI is InChI=1S/C29H30O3/c1-3-5-6-7-21-12-14-27-24(16-21)17-25-18-26(13-15-28(25)27)31-19-22-8-10-23(11-9-22)20-32-29(30)4-2/h4,8-16,18H,2-3,5-7,17,19-20H2,1H3. The summed E-state index contributed by atoms with van der Waals surface area (Å²) in [6.45, 7) is 6.40. The summed E-state index contributed by atoms with van der Waals surface area (Å²) < 4.78 is 11.1. The predicted octanol–water partition coefficient (Wildman–Crippen LogP) is 6.80. The molecule has 0 saturated heterocycles. The Kier molecular flexibility index (Phi) is 7.06. The third-order valence-corrected chi connectivity index (χ3v) is 5.96. The lowest BCUT2D eigenvalue weighted by Gasteiger charge is -2.09. The number of hydrogen-bond acceptors (Lipinski definition) is 3. The van der Waals surface area contributed by atoms with Gasteiger partial charge in [0.2, 0.25) is 0 Å². The minimum atomic E-state index is -0.413. The molecule has 0 saturated carbocycles. The van der Waals surface area contributed by atoms with E-state index >= 15 is 0 Å². The van der Waals surface area contributed by atoms with Crippen molar-refractivity contribution in [3.63, 3.8) is 0 Å². The molecule has 32 heavy (non-hydrogen) atoms. The van der Waals surface area contributed by atoms with Crippen molar-refractivity contribution in [1.29, 1.82) is 0 Å². The van der Waals surface area contributed by atoms with Gasteiger partial charge in [-0.25, -0.2) is 4.79 Å². The van der Waals surface area contributed by atoms with E-state index in [0.717, 1.165) is 23.3 Å². The smallest absolute Gasteiger partial charge is 0.330 e. The van der Waals surface area contributed by atoms with Crippen LogP contribution in [0.25, 0.3) is 11.1 Å². The Morgan fingerprint density at radius 2 is 1.53 bits per heavy atom. The summed E-state index contributed by atoms with van der Waals surface area (Å²) in [6, 6.07) is 21.3. The van der Waals surface area contributed by atoms with Crippen molar-refractivity contribution in [1.82, 2.24) is 0 Å². The van der Waals surface area contributed by atoms with Crippen LogP contribution in [0.2, 0.25) is 0 Å². The molecule has 0 unspecified atom stereocenters. The lowest BCUT2D eigenvalue weighted by Crippen LogP contribution is -2.01. The molecule has 3 heteroatoms. The van der Waals surface area contributed by atoms with Gasteiger partial charge in [0.1, 0.15) is 19.0 Å². The Labute approximate surface area is 190 Å². The lowest BCUT2D eigenvalue weighted by molar-refractivity contribution is -0.138. The third kappa shape index (κ3) is 5.28. The van der Waals surface area contributed by atoms with Crippen molar-refractivity contribution in [3.8, 4) is 16.9 Å². The number of hydrogen-bond donors (Lipinski definition) is 0. The van der Waals surface area contributed by atoms with Crippen LogP contribution >= 0.6 is 0 Å². The van der Waals surface area contributed by atoms with E-state index in [1.165, 1.54) is 59.6 Å². The number of rotatable bonds is 10. The van der Waals surface area contributed by atoms with Crippen LogP contribution in [0.3, 0.4) is 0 Å². The van der Waals surface area contributed by atoms with Crippen molar-refractivity contribution in [2.75, 3.05) is 0 Å². The average molecular weight is 427 g/mol. The van der Waals surface area contributed by atoms with Crippen LogP contribution in [0.5, 0.6) is 5.75 Å². The van der Waals surface area contributed by atoms with Crippen LogP contribution in [0, 0.1) is 0 Å². The Morgan fingerprint density at radius 1 is 0.875 bits per heavy atom. The first kappa shape index (κ1) is 21.9. The monoisotopic (exact) mass is 426 g/mol. The molecule has 1 aliphatic rings. The fraction of sp³-hybridized carbons (Fsp3) is 0.276. The molecule has 0 heterocycles. The molecule has 3 aromatic carbocycles. The van der Waals surface area contributed by atoms with E-state index in [1.54, 1.807) is 0 Å². The van der Waals surface area contributed by atoms with E-state index < -0.39 is 5.97 Å². The molecule has 164 valence electrons. The normalized spacial score (nSPS) is 11.5. The first-order chi connectivity index (χ1) is 15.7. The van der Waals surface area contributed by atoms with E-state index in [1.807, 2.05) is 24.3 Å². The maximum absolute atomic E-state index is 11.2. The van der Waals surface area contributed by atoms with Crippen molar-refractivity contribution in [3.05, 3.63) is 101 Å². The molecule has 0 fully saturated rings. The molecule has 0 radical (unpaired) electrons. The number of carbonyl (C=O) groups excluding carboxylic acids is 1. The Bertz CT molecular complexity index is 1100. The van der Waals surface area contributed by atoms with Gasteiger partial charge in [-0.1, -0.05) is 74.9 Å². The number of aryl methyl sites for hydroxylation is 1. The highest BCUT2D eigenvalue weighted by Crippen LogP contribution is 2.39. The molecule has 1 aliphatic carbocycles. The second kappa shape index (κ2) is 10.3. The number of carbonyl (C=O) groups is 1. The quantitative estimate of drug-likeness (QED) is 0.159. The Hall–Kier alpha value is -3.33. The first-order valence-electron chi connectivity index (χ1n) is 11.4. The number of fused-ring (bicyclic) bond motifs is 3. The molecule has 0 aromatic heterocycles. The Balaban J connectivity index is 1.35. The summed E-state index contributed by atoms with van der Waals surface area (Å²) in [5.41, 5.74) is 8.91. The zero-order valence-corrected chi connectivity index (χ0v) is 18.7. The summed E-state index contributed by atoms with van der Waals surface area (Å²) in [6.07, 6.45) is 7.13. The molecule has 0 aliphatic heterocycles. The van der Waals surface area contributed by atoms with Gasteiger partial charge in [-0.2, -0.15) is 0 Å².